The van der Waals surface area contributed by atoms with Crippen molar-refractivity contribution in [1.82, 2.24) is 0 Å². The molecule has 8 nitrogen and oxygen atoms in total. The second-order valence-electron chi connectivity index (χ2n) is 1.05. The third-order valence-corrected chi connectivity index (χ3v) is 0. The molecule has 0 unspecified atom stereocenters. The zero-order valence-electron chi connectivity index (χ0n) is 6.41. The normalized spacial score (nSPS) is 10.7. The average molecular weight is 234 g/mol. The van der Waals surface area contributed by atoms with Crippen molar-refractivity contribution in [1.29, 1.82) is 0 Å². The average Bonchev–Trinajstić information content (AvgIpc) is 1.12. The molecule has 0 fully saturated rings. The fourth-order valence-corrected chi connectivity index (χ4v) is 0. The molecule has 0 amide bonds. The van der Waals surface area contributed by atoms with Crippen LogP contribution in [0.25, 0.3) is 0 Å². The molecule has 0 aliphatic rings. The van der Waals surface area contributed by atoms with Gasteiger partial charge in [-0.15, -0.1) is 0 Å². The van der Waals surface area contributed by atoms with Gasteiger partial charge in [0, 0.05) is 0 Å². The van der Waals surface area contributed by atoms with E-state index >= 15 is 0 Å². The zero-order valence-corrected chi connectivity index (χ0v) is 10.3. The minimum atomic E-state index is -4.67. The molecule has 0 aliphatic heterocycles. The molecule has 0 aromatic rings. The summed E-state index contributed by atoms with van der Waals surface area (Å²) in [7, 11) is -9.28. The van der Waals surface area contributed by atoms with Crippen LogP contribution in [-0.4, -0.2) is 45.8 Å². The molecular weight excluding hydrogens is 227 g/mol. The topological polar surface area (TPSA) is 156 Å². The first-order valence-electron chi connectivity index (χ1n) is 1.59. The Balaban J connectivity index is -0.0000000457. The molecular formula is H7KO8SSi. The van der Waals surface area contributed by atoms with Crippen molar-refractivity contribution < 1.29 is 89.5 Å². The fraction of sp³-hybridized carbons (Fsp3) is 0. The monoisotopic (exact) mass is 234 g/mol. The van der Waals surface area contributed by atoms with E-state index in [-0.39, 0.29) is 52.8 Å². The van der Waals surface area contributed by atoms with Gasteiger partial charge in [0.1, 0.15) is 0 Å². The molecule has 0 aliphatic carbocycles. The van der Waals surface area contributed by atoms with Crippen LogP contribution in [0.3, 0.4) is 0 Å². The van der Waals surface area contributed by atoms with Gasteiger partial charge in [0.15, 0.2) is 0 Å². The second-order valence-corrected chi connectivity index (χ2v) is 3.14. The van der Waals surface area contributed by atoms with Gasteiger partial charge in [-0.1, -0.05) is 0 Å². The predicted molar refractivity (Wildman–Crippen MR) is 29.9 cm³/mol. The molecule has 11 heteroatoms. The van der Waals surface area contributed by atoms with Crippen LogP contribution in [0.15, 0.2) is 0 Å². The number of rotatable bonds is 0. The van der Waals surface area contributed by atoms with Crippen molar-refractivity contribution >= 4 is 19.4 Å². The van der Waals surface area contributed by atoms with Crippen LogP contribution in [-0.2, 0) is 10.4 Å². The standard InChI is InChI=1S/K.H2O4S.H4O4Si.H/c;2*1-5(2,3)4;/h;(H2,1,2,3,4);1-4H;/q+1;;;-1. The van der Waals surface area contributed by atoms with Gasteiger partial charge in [0.05, 0.1) is 0 Å². The largest absolute Gasteiger partial charge is 1.00 e. The third-order valence-electron chi connectivity index (χ3n) is 0. The Labute approximate surface area is 107 Å². The first kappa shape index (κ1) is 18.4. The fourth-order valence-electron chi connectivity index (χ4n) is 0. The predicted octanol–water partition coefficient (Wildman–Crippen LogP) is -6.15. The maximum Gasteiger partial charge on any atom is 1.00 e. The van der Waals surface area contributed by atoms with Crippen LogP contribution in [0.4, 0.5) is 0 Å². The summed E-state index contributed by atoms with van der Waals surface area (Å²) in [4.78, 5) is 29.3. The van der Waals surface area contributed by atoms with Crippen LogP contribution in [0.1, 0.15) is 1.43 Å². The number of hydrogen-bond acceptors (Lipinski definition) is 6. The summed E-state index contributed by atoms with van der Waals surface area (Å²) in [5, 5.41) is 0. The van der Waals surface area contributed by atoms with Gasteiger partial charge in [-0.05, 0) is 0 Å². The summed E-state index contributed by atoms with van der Waals surface area (Å²) in [5.41, 5.74) is 0. The Bertz CT molecular complexity index is 154. The molecule has 0 radical (unpaired) electrons. The molecule has 0 heterocycles. The van der Waals surface area contributed by atoms with Gasteiger partial charge in [-0.3, -0.25) is 9.11 Å². The van der Waals surface area contributed by atoms with E-state index in [0.29, 0.717) is 0 Å². The van der Waals surface area contributed by atoms with Gasteiger partial charge in [-0.2, -0.15) is 8.42 Å². The minimum Gasteiger partial charge on any atom is -1.00 e. The summed E-state index contributed by atoms with van der Waals surface area (Å²) in [6.45, 7) is 0. The molecule has 0 bridgehead atoms. The van der Waals surface area contributed by atoms with Crippen LogP contribution in [0.5, 0.6) is 0 Å². The molecule has 0 saturated carbocycles. The van der Waals surface area contributed by atoms with E-state index in [9.17, 15) is 0 Å². The molecule has 0 aromatic carbocycles. The maximum absolute atomic E-state index is 8.74. The molecule has 6 N–H and O–H groups in total. The molecule has 0 spiro atoms. The Morgan fingerprint density at radius 1 is 1.00 bits per heavy atom. The Kier molecular flexibility index (Phi) is 11.7. The molecule has 0 atom stereocenters. The van der Waals surface area contributed by atoms with E-state index in [0.717, 1.165) is 0 Å². The van der Waals surface area contributed by atoms with Crippen molar-refractivity contribution in [3.8, 4) is 0 Å². The molecule has 0 saturated heterocycles. The van der Waals surface area contributed by atoms with Crippen molar-refractivity contribution in [2.75, 3.05) is 0 Å². The van der Waals surface area contributed by atoms with Crippen LogP contribution >= 0.6 is 0 Å². The van der Waals surface area contributed by atoms with Crippen molar-refractivity contribution in [3.63, 3.8) is 0 Å². The van der Waals surface area contributed by atoms with Gasteiger partial charge >= 0.3 is 70.8 Å². The van der Waals surface area contributed by atoms with Crippen LogP contribution < -0.4 is 51.4 Å². The summed E-state index contributed by atoms with van der Waals surface area (Å²) >= 11 is 0. The molecule has 11 heavy (non-hydrogen) atoms. The van der Waals surface area contributed by atoms with Crippen molar-refractivity contribution in [3.05, 3.63) is 0 Å². The summed E-state index contributed by atoms with van der Waals surface area (Å²) in [6, 6.07) is 0. The smallest absolute Gasteiger partial charge is 1.00 e. The SMILES string of the molecule is O=S(=O)(O)O.O[Si](O)(O)O.[H-].[K+]. The van der Waals surface area contributed by atoms with Crippen LogP contribution in [0.2, 0.25) is 0 Å². The van der Waals surface area contributed by atoms with E-state index in [1.54, 1.807) is 0 Å². The Morgan fingerprint density at radius 3 is 1.00 bits per heavy atom. The Hall–Kier alpha value is 1.56. The van der Waals surface area contributed by atoms with Gasteiger partial charge in [-0.25, -0.2) is 0 Å². The second kappa shape index (κ2) is 7.01. The summed E-state index contributed by atoms with van der Waals surface area (Å²) < 4.78 is 31.6. The summed E-state index contributed by atoms with van der Waals surface area (Å²) in [6.07, 6.45) is 0. The first-order valence-corrected chi connectivity index (χ1v) is 4.78. The van der Waals surface area contributed by atoms with Gasteiger partial charge in [0.2, 0.25) is 0 Å². The van der Waals surface area contributed by atoms with E-state index < -0.39 is 19.4 Å². The van der Waals surface area contributed by atoms with Crippen molar-refractivity contribution in [2.45, 2.75) is 0 Å². The quantitative estimate of drug-likeness (QED) is 0.179. The van der Waals surface area contributed by atoms with E-state index in [4.69, 9.17) is 36.7 Å². The Morgan fingerprint density at radius 2 is 1.00 bits per heavy atom. The molecule has 0 aromatic heterocycles. The van der Waals surface area contributed by atoms with E-state index in [1.807, 2.05) is 0 Å². The number of hydrogen-bond donors (Lipinski definition) is 6. The van der Waals surface area contributed by atoms with E-state index in [2.05, 4.69) is 0 Å². The minimum absolute atomic E-state index is 0. The molecule has 0 rings (SSSR count). The van der Waals surface area contributed by atoms with Crippen molar-refractivity contribution in [2.24, 2.45) is 0 Å². The zero-order chi connectivity index (χ0) is 9.00. The third kappa shape index (κ3) is 433. The van der Waals surface area contributed by atoms with Crippen LogP contribution in [0, 0.1) is 0 Å². The van der Waals surface area contributed by atoms with E-state index in [1.165, 1.54) is 0 Å². The molecule has 66 valence electrons. The maximum atomic E-state index is 8.74. The van der Waals surface area contributed by atoms with Gasteiger partial charge < -0.3 is 20.6 Å². The first-order chi connectivity index (χ1) is 4.00. The summed E-state index contributed by atoms with van der Waals surface area (Å²) in [5.74, 6) is 0. The van der Waals surface area contributed by atoms with Gasteiger partial charge in [0.25, 0.3) is 0 Å².